The standard InChI is InChI=1S/C27H43NO2/c1-4-5-6-7-8-9-10-24(30)23-12-11-21-20-18-28-25-17-19(29)13-15-27(25,3)22(20)14-16-26(21,23)2/h17,20-23,28H,4-16,18H2,1-3H3/t20-,21-,22-,23+,26-,27+/m0/s1. The molecule has 0 amide bonds. The van der Waals surface area contributed by atoms with Crippen molar-refractivity contribution in [2.24, 2.45) is 34.5 Å². The number of fused-ring (bicyclic) bond motifs is 5. The maximum Gasteiger partial charge on any atom is 0.157 e. The predicted molar refractivity (Wildman–Crippen MR) is 122 cm³/mol. The maximum atomic E-state index is 13.2. The third-order valence-electron chi connectivity index (χ3n) is 9.76. The minimum absolute atomic E-state index is 0.138. The Balaban J connectivity index is 1.40. The average molecular weight is 414 g/mol. The summed E-state index contributed by atoms with van der Waals surface area (Å²) in [5.41, 5.74) is 1.54. The van der Waals surface area contributed by atoms with Crippen LogP contribution >= 0.6 is 0 Å². The van der Waals surface area contributed by atoms with Crippen LogP contribution in [-0.4, -0.2) is 18.1 Å². The summed E-state index contributed by atoms with van der Waals surface area (Å²) >= 11 is 0. The molecule has 1 heterocycles. The summed E-state index contributed by atoms with van der Waals surface area (Å²) in [5.74, 6) is 3.13. The summed E-state index contributed by atoms with van der Waals surface area (Å²) in [6, 6.07) is 0. The summed E-state index contributed by atoms with van der Waals surface area (Å²) in [6.07, 6.45) is 16.7. The zero-order chi connectivity index (χ0) is 21.4. The molecule has 0 aromatic rings. The molecule has 0 aromatic carbocycles. The second-order valence-electron chi connectivity index (χ2n) is 11.4. The van der Waals surface area contributed by atoms with E-state index in [2.05, 4.69) is 26.1 Å². The smallest absolute Gasteiger partial charge is 0.157 e. The lowest BCUT2D eigenvalue weighted by Crippen LogP contribution is -2.57. The van der Waals surface area contributed by atoms with Crippen LogP contribution < -0.4 is 5.32 Å². The van der Waals surface area contributed by atoms with Gasteiger partial charge in [-0.15, -0.1) is 0 Å². The first-order chi connectivity index (χ1) is 14.4. The molecule has 3 heteroatoms. The molecule has 0 aromatic heterocycles. The highest BCUT2D eigenvalue weighted by molar-refractivity contribution is 5.91. The van der Waals surface area contributed by atoms with Crippen molar-refractivity contribution in [3.63, 3.8) is 0 Å². The molecule has 1 saturated heterocycles. The van der Waals surface area contributed by atoms with E-state index in [1.54, 1.807) is 0 Å². The fourth-order valence-corrected chi connectivity index (χ4v) is 7.93. The number of nitrogens with one attached hydrogen (secondary N) is 1. The number of ketones is 2. The molecule has 4 aliphatic rings. The van der Waals surface area contributed by atoms with E-state index >= 15 is 0 Å². The fourth-order valence-electron chi connectivity index (χ4n) is 7.93. The predicted octanol–water partition coefficient (Wildman–Crippen LogP) is 6.22. The maximum absolute atomic E-state index is 13.2. The number of rotatable bonds is 8. The SMILES string of the molecule is CCCCCCCCC(=O)[C@H]1CC[C@H]2[C@@H]3CNC4=CC(=O)CC[C@]4(C)[C@H]3CC[C@]12C. The van der Waals surface area contributed by atoms with Gasteiger partial charge in [-0.1, -0.05) is 52.9 Å². The van der Waals surface area contributed by atoms with Gasteiger partial charge in [-0.25, -0.2) is 0 Å². The Bertz CT molecular complexity index is 697. The fraction of sp³-hybridized carbons (Fsp3) is 0.852. The molecule has 1 aliphatic heterocycles. The lowest BCUT2D eigenvalue weighted by molar-refractivity contribution is -0.130. The van der Waals surface area contributed by atoms with Gasteiger partial charge in [-0.3, -0.25) is 9.59 Å². The molecule has 6 atom stereocenters. The molecule has 30 heavy (non-hydrogen) atoms. The summed E-state index contributed by atoms with van der Waals surface area (Å²) in [7, 11) is 0. The van der Waals surface area contributed by atoms with Crippen LogP contribution in [0.4, 0.5) is 0 Å². The highest BCUT2D eigenvalue weighted by Crippen LogP contribution is 2.64. The zero-order valence-corrected chi connectivity index (χ0v) is 19.6. The zero-order valence-electron chi connectivity index (χ0n) is 19.6. The van der Waals surface area contributed by atoms with Crippen molar-refractivity contribution in [3.8, 4) is 0 Å². The molecule has 2 saturated carbocycles. The highest BCUT2D eigenvalue weighted by atomic mass is 16.1. The van der Waals surface area contributed by atoms with E-state index in [1.807, 2.05) is 6.08 Å². The normalized spacial score (nSPS) is 40.1. The van der Waals surface area contributed by atoms with Gasteiger partial charge in [0.1, 0.15) is 5.78 Å². The van der Waals surface area contributed by atoms with Crippen molar-refractivity contribution in [1.29, 1.82) is 0 Å². The van der Waals surface area contributed by atoms with Crippen molar-refractivity contribution < 1.29 is 9.59 Å². The molecule has 0 bridgehead atoms. The van der Waals surface area contributed by atoms with Crippen LogP contribution in [0.1, 0.15) is 104 Å². The Morgan fingerprint density at radius 3 is 2.60 bits per heavy atom. The number of Topliss-reactive ketones (excluding diaryl/α,β-unsaturated/α-hetero) is 1. The minimum atomic E-state index is 0.138. The first-order valence-corrected chi connectivity index (χ1v) is 12.9. The van der Waals surface area contributed by atoms with Gasteiger partial charge in [0.2, 0.25) is 0 Å². The van der Waals surface area contributed by atoms with Crippen molar-refractivity contribution >= 4 is 11.6 Å². The van der Waals surface area contributed by atoms with Crippen LogP contribution in [0.5, 0.6) is 0 Å². The number of hydrogen-bond donors (Lipinski definition) is 1. The van der Waals surface area contributed by atoms with Crippen LogP contribution in [0.3, 0.4) is 0 Å². The van der Waals surface area contributed by atoms with Gasteiger partial charge in [-0.2, -0.15) is 0 Å². The largest absolute Gasteiger partial charge is 0.387 e. The van der Waals surface area contributed by atoms with Crippen molar-refractivity contribution in [1.82, 2.24) is 5.32 Å². The molecular formula is C27H43NO2. The highest BCUT2D eigenvalue weighted by Gasteiger charge is 2.60. The topological polar surface area (TPSA) is 46.2 Å². The summed E-state index contributed by atoms with van der Waals surface area (Å²) < 4.78 is 0. The van der Waals surface area contributed by atoms with E-state index < -0.39 is 0 Å². The molecule has 1 N–H and O–H groups in total. The number of carbonyl (C=O) groups is 2. The second kappa shape index (κ2) is 8.79. The molecule has 3 fully saturated rings. The molecule has 0 spiro atoms. The molecule has 168 valence electrons. The van der Waals surface area contributed by atoms with Gasteiger partial charge >= 0.3 is 0 Å². The van der Waals surface area contributed by atoms with Gasteiger partial charge in [0, 0.05) is 42.5 Å². The lowest BCUT2D eigenvalue weighted by atomic mass is 9.49. The van der Waals surface area contributed by atoms with Crippen LogP contribution in [0.2, 0.25) is 0 Å². The van der Waals surface area contributed by atoms with E-state index in [4.69, 9.17) is 0 Å². The number of allylic oxidation sites excluding steroid dienone is 2. The Kier molecular flexibility index (Phi) is 6.47. The molecule has 4 rings (SSSR count). The number of unbranched alkanes of at least 4 members (excludes halogenated alkanes) is 5. The third kappa shape index (κ3) is 3.79. The molecule has 0 radical (unpaired) electrons. The van der Waals surface area contributed by atoms with Gasteiger partial charge in [0.25, 0.3) is 0 Å². The number of piperidine rings is 1. The minimum Gasteiger partial charge on any atom is -0.387 e. The summed E-state index contributed by atoms with van der Waals surface area (Å²) in [6.45, 7) is 8.09. The van der Waals surface area contributed by atoms with E-state index in [-0.39, 0.29) is 22.5 Å². The first kappa shape index (κ1) is 22.1. The lowest BCUT2D eigenvalue weighted by Gasteiger charge is -2.58. The second-order valence-corrected chi connectivity index (χ2v) is 11.4. The van der Waals surface area contributed by atoms with Crippen molar-refractivity contribution in [3.05, 3.63) is 11.8 Å². The number of carbonyl (C=O) groups excluding carboxylic acids is 2. The van der Waals surface area contributed by atoms with E-state index in [9.17, 15) is 9.59 Å². The Labute approximate surface area is 183 Å². The third-order valence-corrected chi connectivity index (χ3v) is 9.76. The Morgan fingerprint density at radius 1 is 1.03 bits per heavy atom. The Morgan fingerprint density at radius 2 is 1.80 bits per heavy atom. The van der Waals surface area contributed by atoms with Gasteiger partial charge in [-0.05, 0) is 61.7 Å². The summed E-state index contributed by atoms with van der Waals surface area (Å²) in [5, 5.41) is 3.68. The molecule has 0 unspecified atom stereocenters. The number of hydrogen-bond acceptors (Lipinski definition) is 3. The molecule has 3 aliphatic carbocycles. The van der Waals surface area contributed by atoms with E-state index in [0.717, 1.165) is 32.2 Å². The quantitative estimate of drug-likeness (QED) is 0.480. The van der Waals surface area contributed by atoms with E-state index in [0.29, 0.717) is 30.0 Å². The Hall–Kier alpha value is -1.12. The summed E-state index contributed by atoms with van der Waals surface area (Å²) in [4.78, 5) is 25.2. The van der Waals surface area contributed by atoms with Gasteiger partial charge in [0.15, 0.2) is 5.78 Å². The van der Waals surface area contributed by atoms with Crippen LogP contribution in [0, 0.1) is 34.5 Å². The van der Waals surface area contributed by atoms with Gasteiger partial charge in [0.05, 0.1) is 0 Å². The van der Waals surface area contributed by atoms with Gasteiger partial charge < -0.3 is 5.32 Å². The van der Waals surface area contributed by atoms with Crippen molar-refractivity contribution in [2.45, 2.75) is 104 Å². The van der Waals surface area contributed by atoms with Crippen LogP contribution in [-0.2, 0) is 9.59 Å². The van der Waals surface area contributed by atoms with Crippen LogP contribution in [0.25, 0.3) is 0 Å². The van der Waals surface area contributed by atoms with E-state index in [1.165, 1.54) is 57.1 Å². The van der Waals surface area contributed by atoms with Crippen molar-refractivity contribution in [2.75, 3.05) is 6.54 Å². The van der Waals surface area contributed by atoms with Crippen LogP contribution in [0.15, 0.2) is 11.8 Å². The first-order valence-electron chi connectivity index (χ1n) is 12.9. The molecule has 3 nitrogen and oxygen atoms in total. The monoisotopic (exact) mass is 413 g/mol. The average Bonchev–Trinajstić information content (AvgIpc) is 3.08. The molecular weight excluding hydrogens is 370 g/mol.